The SMILES string of the molecule is CN(C)CC1CC(O)CN1c1ccnc2cc(Cl)ccc12. The highest BCUT2D eigenvalue weighted by atomic mass is 35.5. The minimum atomic E-state index is -0.273. The zero-order chi connectivity index (χ0) is 15.0. The van der Waals surface area contributed by atoms with Crippen LogP contribution in [-0.4, -0.2) is 54.3 Å². The number of rotatable bonds is 3. The van der Waals surface area contributed by atoms with Crippen LogP contribution in [0.1, 0.15) is 6.42 Å². The second-order valence-corrected chi connectivity index (χ2v) is 6.39. The van der Waals surface area contributed by atoms with E-state index in [-0.39, 0.29) is 6.10 Å². The van der Waals surface area contributed by atoms with Crippen molar-refractivity contribution in [3.8, 4) is 0 Å². The van der Waals surface area contributed by atoms with Gasteiger partial charge >= 0.3 is 0 Å². The molecule has 0 aliphatic carbocycles. The molecule has 112 valence electrons. The number of nitrogens with zero attached hydrogens (tertiary/aromatic N) is 3. The van der Waals surface area contributed by atoms with E-state index in [2.05, 4.69) is 28.9 Å². The van der Waals surface area contributed by atoms with Gasteiger partial charge in [0.25, 0.3) is 0 Å². The average molecular weight is 306 g/mol. The Labute approximate surface area is 129 Å². The van der Waals surface area contributed by atoms with Crippen molar-refractivity contribution in [1.82, 2.24) is 9.88 Å². The number of hydrogen-bond donors (Lipinski definition) is 1. The molecule has 5 heteroatoms. The lowest BCUT2D eigenvalue weighted by atomic mass is 10.1. The molecule has 21 heavy (non-hydrogen) atoms. The third-order valence-electron chi connectivity index (χ3n) is 3.96. The number of likely N-dealkylation sites (N-methyl/N-ethyl adjacent to an activating group) is 1. The quantitative estimate of drug-likeness (QED) is 0.945. The van der Waals surface area contributed by atoms with Crippen molar-refractivity contribution in [1.29, 1.82) is 0 Å². The van der Waals surface area contributed by atoms with Crippen LogP contribution in [0.4, 0.5) is 5.69 Å². The first-order valence-corrected chi connectivity index (χ1v) is 7.56. The van der Waals surface area contributed by atoms with Crippen molar-refractivity contribution in [2.24, 2.45) is 0 Å². The van der Waals surface area contributed by atoms with Crippen LogP contribution in [0.5, 0.6) is 0 Å². The third kappa shape index (κ3) is 2.98. The van der Waals surface area contributed by atoms with Gasteiger partial charge in [-0.3, -0.25) is 4.98 Å². The smallest absolute Gasteiger partial charge is 0.0737 e. The van der Waals surface area contributed by atoms with E-state index in [4.69, 9.17) is 11.6 Å². The fourth-order valence-electron chi connectivity index (χ4n) is 3.14. The summed E-state index contributed by atoms with van der Waals surface area (Å²) < 4.78 is 0. The summed E-state index contributed by atoms with van der Waals surface area (Å²) in [5, 5.41) is 11.8. The first-order valence-electron chi connectivity index (χ1n) is 7.18. The van der Waals surface area contributed by atoms with E-state index in [1.807, 2.05) is 30.5 Å². The van der Waals surface area contributed by atoms with E-state index in [1.165, 1.54) is 0 Å². The van der Waals surface area contributed by atoms with Crippen molar-refractivity contribution in [2.75, 3.05) is 32.1 Å². The van der Waals surface area contributed by atoms with Crippen LogP contribution in [0.2, 0.25) is 5.02 Å². The Bertz CT molecular complexity index is 646. The van der Waals surface area contributed by atoms with Crippen LogP contribution in [0.15, 0.2) is 30.5 Å². The van der Waals surface area contributed by atoms with Crippen molar-refractivity contribution < 1.29 is 5.11 Å². The standard InChI is InChI=1S/C16H20ClN3O/c1-19(2)9-12-8-13(21)10-20(12)16-5-6-18-15-7-11(17)3-4-14(15)16/h3-7,12-13,21H,8-10H2,1-2H3. The molecular formula is C16H20ClN3O. The summed E-state index contributed by atoms with van der Waals surface area (Å²) in [6, 6.07) is 8.13. The summed E-state index contributed by atoms with van der Waals surface area (Å²) in [4.78, 5) is 8.85. The maximum atomic E-state index is 10.1. The lowest BCUT2D eigenvalue weighted by molar-refractivity contribution is 0.191. The van der Waals surface area contributed by atoms with E-state index in [1.54, 1.807) is 0 Å². The molecule has 3 rings (SSSR count). The van der Waals surface area contributed by atoms with Gasteiger partial charge in [0, 0.05) is 41.4 Å². The van der Waals surface area contributed by atoms with Gasteiger partial charge in [0.05, 0.1) is 11.6 Å². The Morgan fingerprint density at radius 1 is 1.38 bits per heavy atom. The Kier molecular flexibility index (Phi) is 4.02. The lowest BCUT2D eigenvalue weighted by Crippen LogP contribution is -2.37. The minimum Gasteiger partial charge on any atom is -0.391 e. The van der Waals surface area contributed by atoms with Crippen LogP contribution in [-0.2, 0) is 0 Å². The lowest BCUT2D eigenvalue weighted by Gasteiger charge is -2.29. The van der Waals surface area contributed by atoms with E-state index in [0.717, 1.165) is 29.6 Å². The number of pyridine rings is 1. The zero-order valence-electron chi connectivity index (χ0n) is 12.3. The molecule has 1 fully saturated rings. The van der Waals surface area contributed by atoms with Gasteiger partial charge < -0.3 is 14.9 Å². The molecule has 4 nitrogen and oxygen atoms in total. The van der Waals surface area contributed by atoms with Gasteiger partial charge in [0.2, 0.25) is 0 Å². The average Bonchev–Trinajstić information content (AvgIpc) is 2.77. The number of aromatic nitrogens is 1. The molecule has 0 spiro atoms. The highest BCUT2D eigenvalue weighted by Crippen LogP contribution is 2.32. The van der Waals surface area contributed by atoms with Gasteiger partial charge in [-0.2, -0.15) is 0 Å². The summed E-state index contributed by atoms with van der Waals surface area (Å²) in [6.07, 6.45) is 2.34. The topological polar surface area (TPSA) is 39.6 Å². The number of aliphatic hydroxyl groups excluding tert-OH is 1. The van der Waals surface area contributed by atoms with Crippen molar-refractivity contribution in [2.45, 2.75) is 18.6 Å². The summed E-state index contributed by atoms with van der Waals surface area (Å²) >= 11 is 6.05. The van der Waals surface area contributed by atoms with Gasteiger partial charge in [-0.1, -0.05) is 11.6 Å². The molecule has 1 saturated heterocycles. The van der Waals surface area contributed by atoms with E-state index < -0.39 is 0 Å². The van der Waals surface area contributed by atoms with Gasteiger partial charge in [-0.05, 0) is 44.8 Å². The van der Waals surface area contributed by atoms with Gasteiger partial charge in [0.15, 0.2) is 0 Å². The first kappa shape index (κ1) is 14.6. The molecule has 1 N–H and O–H groups in total. The predicted molar refractivity (Wildman–Crippen MR) is 87.1 cm³/mol. The fourth-order valence-corrected chi connectivity index (χ4v) is 3.30. The van der Waals surface area contributed by atoms with Crippen LogP contribution < -0.4 is 4.90 Å². The molecule has 2 aromatic rings. The molecule has 0 amide bonds. The van der Waals surface area contributed by atoms with E-state index in [9.17, 15) is 5.11 Å². The predicted octanol–water partition coefficient (Wildman–Crippen LogP) is 2.39. The number of β-amino-alcohol motifs (C(OH)–C–C–N with tert-alkyl or cyclic N) is 1. The fraction of sp³-hybridized carbons (Fsp3) is 0.438. The van der Waals surface area contributed by atoms with Gasteiger partial charge in [-0.15, -0.1) is 0 Å². The summed E-state index contributed by atoms with van der Waals surface area (Å²) in [5.41, 5.74) is 2.02. The Morgan fingerprint density at radius 3 is 2.95 bits per heavy atom. The molecule has 0 saturated carbocycles. The maximum absolute atomic E-state index is 10.1. The zero-order valence-corrected chi connectivity index (χ0v) is 13.1. The Hall–Kier alpha value is -1.36. The van der Waals surface area contributed by atoms with Crippen molar-refractivity contribution in [3.05, 3.63) is 35.5 Å². The third-order valence-corrected chi connectivity index (χ3v) is 4.19. The molecule has 2 unspecified atom stereocenters. The van der Waals surface area contributed by atoms with Crippen LogP contribution >= 0.6 is 11.6 Å². The highest BCUT2D eigenvalue weighted by molar-refractivity contribution is 6.31. The maximum Gasteiger partial charge on any atom is 0.0737 e. The molecule has 1 aromatic heterocycles. The largest absolute Gasteiger partial charge is 0.391 e. The molecule has 1 aliphatic heterocycles. The summed E-state index contributed by atoms with van der Waals surface area (Å²) in [6.45, 7) is 1.59. The second-order valence-electron chi connectivity index (χ2n) is 5.95. The molecular weight excluding hydrogens is 286 g/mol. The highest BCUT2D eigenvalue weighted by Gasteiger charge is 2.32. The molecule has 1 aromatic carbocycles. The minimum absolute atomic E-state index is 0.273. The Morgan fingerprint density at radius 2 is 2.19 bits per heavy atom. The summed E-state index contributed by atoms with van der Waals surface area (Å²) in [7, 11) is 4.13. The molecule has 1 aliphatic rings. The van der Waals surface area contributed by atoms with Crippen molar-refractivity contribution >= 4 is 28.2 Å². The molecule has 0 bridgehead atoms. The van der Waals surface area contributed by atoms with Gasteiger partial charge in [-0.25, -0.2) is 0 Å². The normalized spacial score (nSPS) is 22.4. The van der Waals surface area contributed by atoms with Gasteiger partial charge in [0.1, 0.15) is 0 Å². The number of hydrogen-bond acceptors (Lipinski definition) is 4. The monoisotopic (exact) mass is 305 g/mol. The first-order chi connectivity index (χ1) is 10.0. The van der Waals surface area contributed by atoms with Crippen LogP contribution in [0, 0.1) is 0 Å². The molecule has 2 heterocycles. The van der Waals surface area contributed by atoms with Crippen molar-refractivity contribution in [3.63, 3.8) is 0 Å². The Balaban J connectivity index is 2.02. The molecule has 0 radical (unpaired) electrons. The summed E-state index contributed by atoms with van der Waals surface area (Å²) in [5.74, 6) is 0. The molecule has 2 atom stereocenters. The number of benzene rings is 1. The number of halogens is 1. The van der Waals surface area contributed by atoms with E-state index >= 15 is 0 Å². The second kappa shape index (κ2) is 5.79. The van der Waals surface area contributed by atoms with Crippen LogP contribution in [0.25, 0.3) is 10.9 Å². The van der Waals surface area contributed by atoms with E-state index in [0.29, 0.717) is 17.6 Å². The number of fused-ring (bicyclic) bond motifs is 1. The number of aliphatic hydroxyl groups is 1. The van der Waals surface area contributed by atoms with Crippen LogP contribution in [0.3, 0.4) is 0 Å². The number of anilines is 1.